The van der Waals surface area contributed by atoms with E-state index in [-0.39, 0.29) is 59.4 Å². The van der Waals surface area contributed by atoms with Crippen LogP contribution in [0, 0.1) is 5.82 Å². The lowest BCUT2D eigenvalue weighted by Crippen LogP contribution is -2.55. The maximum atomic E-state index is 14.8. The van der Waals surface area contributed by atoms with Gasteiger partial charge in [-0.15, -0.1) is 11.8 Å². The molecule has 0 aliphatic carbocycles. The van der Waals surface area contributed by atoms with Crippen LogP contribution in [0.1, 0.15) is 33.3 Å². The topological polar surface area (TPSA) is 76.9 Å². The molecule has 13 heteroatoms. The van der Waals surface area contributed by atoms with Gasteiger partial charge < -0.3 is 19.3 Å². The van der Waals surface area contributed by atoms with E-state index in [1.165, 1.54) is 35.6 Å². The average Bonchev–Trinajstić information content (AvgIpc) is 3.10. The average molecular weight is 609 g/mol. The zero-order valence-corrected chi connectivity index (χ0v) is 24.7. The molecule has 5 rings (SSSR count). The number of hydrogen-bond donors (Lipinski definition) is 0. The third kappa shape index (κ3) is 5.81. The summed E-state index contributed by atoms with van der Waals surface area (Å²) in [7, 11) is 1.49. The number of methoxy groups -OCH3 is 1. The zero-order chi connectivity index (χ0) is 30.6. The molecule has 3 heterocycles. The van der Waals surface area contributed by atoms with Gasteiger partial charge in [0.25, 0.3) is 0 Å². The number of halogens is 4. The van der Waals surface area contributed by atoms with E-state index in [0.29, 0.717) is 11.3 Å². The van der Waals surface area contributed by atoms with Crippen molar-refractivity contribution < 1.29 is 31.8 Å². The van der Waals surface area contributed by atoms with Gasteiger partial charge in [0.1, 0.15) is 17.2 Å². The molecule has 3 aromatic rings. The molecule has 0 bridgehead atoms. The molecule has 8 nitrogen and oxygen atoms in total. The fraction of sp³-hybridized carbons (Fsp3) is 0.483. The van der Waals surface area contributed by atoms with Gasteiger partial charge in [-0.05, 0) is 51.5 Å². The first kappa shape index (κ1) is 30.1. The molecule has 0 saturated carbocycles. The first-order valence-electron chi connectivity index (χ1n) is 13.5. The van der Waals surface area contributed by atoms with Crippen molar-refractivity contribution in [2.24, 2.45) is 0 Å². The second kappa shape index (κ2) is 11.1. The molecule has 0 N–H and O–H groups in total. The molecular formula is C29H32F4N4O4S. The van der Waals surface area contributed by atoms with Crippen molar-refractivity contribution in [1.29, 1.82) is 0 Å². The third-order valence-electron chi connectivity index (χ3n) is 7.32. The molecule has 2 aliphatic rings. The predicted molar refractivity (Wildman–Crippen MR) is 153 cm³/mol. The van der Waals surface area contributed by atoms with Crippen LogP contribution in [0.15, 0.2) is 40.0 Å². The number of ether oxygens (including phenoxy) is 2. The molecule has 0 radical (unpaired) electrons. The second-order valence-electron chi connectivity index (χ2n) is 11.5. The quantitative estimate of drug-likeness (QED) is 0.349. The Morgan fingerprint density at radius 3 is 2.38 bits per heavy atom. The van der Waals surface area contributed by atoms with Crippen LogP contribution in [0.2, 0.25) is 0 Å². The van der Waals surface area contributed by atoms with Crippen molar-refractivity contribution in [3.05, 3.63) is 52.2 Å². The number of carbonyl (C=O) groups excluding carboxylic acids is 1. The number of hydrogen-bond acceptors (Lipinski definition) is 7. The molecule has 1 amide bonds. The summed E-state index contributed by atoms with van der Waals surface area (Å²) in [6.07, 6.45) is -5.70. The van der Waals surface area contributed by atoms with Crippen LogP contribution in [-0.2, 0) is 22.2 Å². The highest BCUT2D eigenvalue weighted by Gasteiger charge is 2.39. The summed E-state index contributed by atoms with van der Waals surface area (Å²) in [5, 5.41) is 0.171. The summed E-state index contributed by atoms with van der Waals surface area (Å²) >= 11 is 1.17. The standard InChI is InChI=1S/C29H32F4N4O4S/c1-16-13-35(27(39)41-28(2,3)4)10-11-36(16)25-20-12-21(29(31,32)33)22(17-6-8-18(30)9-7-17)24-23(20)37(26(38)34-25)14-19(40-5)15-42-24/h6-9,12,16,19H,10-11,13-15H2,1-5H3/t16-,19+/m0/s1. The van der Waals surface area contributed by atoms with Crippen LogP contribution in [0.25, 0.3) is 22.0 Å². The van der Waals surface area contributed by atoms with Crippen LogP contribution >= 0.6 is 11.8 Å². The molecule has 1 aromatic heterocycles. The molecule has 226 valence electrons. The molecule has 2 atom stereocenters. The van der Waals surface area contributed by atoms with E-state index in [2.05, 4.69) is 4.98 Å². The fourth-order valence-electron chi connectivity index (χ4n) is 5.39. The minimum atomic E-state index is -4.76. The number of benzene rings is 2. The van der Waals surface area contributed by atoms with E-state index in [1.807, 2.05) is 6.92 Å². The molecule has 2 aromatic carbocycles. The summed E-state index contributed by atoms with van der Waals surface area (Å²) in [6.45, 7) is 7.93. The van der Waals surface area contributed by atoms with Crippen LogP contribution in [0.4, 0.5) is 28.2 Å². The number of thioether (sulfide) groups is 1. The van der Waals surface area contributed by atoms with E-state index in [0.717, 1.165) is 18.2 Å². The normalized spacial score (nSPS) is 19.6. The largest absolute Gasteiger partial charge is 0.444 e. The lowest BCUT2D eigenvalue weighted by molar-refractivity contribution is -0.137. The first-order chi connectivity index (χ1) is 19.7. The summed E-state index contributed by atoms with van der Waals surface area (Å²) in [6, 6.07) is 5.51. The maximum Gasteiger partial charge on any atom is 0.417 e. The van der Waals surface area contributed by atoms with Gasteiger partial charge in [-0.25, -0.2) is 14.0 Å². The van der Waals surface area contributed by atoms with Gasteiger partial charge in [0.2, 0.25) is 0 Å². The summed E-state index contributed by atoms with van der Waals surface area (Å²) < 4.78 is 70.5. The molecule has 0 spiro atoms. The van der Waals surface area contributed by atoms with Gasteiger partial charge >= 0.3 is 18.0 Å². The highest BCUT2D eigenvalue weighted by molar-refractivity contribution is 7.99. The molecule has 42 heavy (non-hydrogen) atoms. The number of aromatic nitrogens is 2. The van der Waals surface area contributed by atoms with Gasteiger partial charge in [0, 0.05) is 54.4 Å². The summed E-state index contributed by atoms with van der Waals surface area (Å²) in [5.74, 6) is -0.159. The number of amides is 1. The van der Waals surface area contributed by atoms with Crippen molar-refractivity contribution in [3.8, 4) is 11.1 Å². The van der Waals surface area contributed by atoms with E-state index in [4.69, 9.17) is 9.47 Å². The minimum Gasteiger partial charge on any atom is -0.444 e. The Morgan fingerprint density at radius 2 is 1.79 bits per heavy atom. The zero-order valence-electron chi connectivity index (χ0n) is 23.9. The second-order valence-corrected chi connectivity index (χ2v) is 12.5. The van der Waals surface area contributed by atoms with Crippen molar-refractivity contribution in [2.75, 3.05) is 37.4 Å². The Kier molecular flexibility index (Phi) is 7.94. The number of carbonyl (C=O) groups is 1. The smallest absolute Gasteiger partial charge is 0.417 e. The van der Waals surface area contributed by atoms with Gasteiger partial charge in [-0.2, -0.15) is 18.2 Å². The number of piperazine rings is 1. The van der Waals surface area contributed by atoms with E-state index < -0.39 is 41.0 Å². The van der Waals surface area contributed by atoms with Crippen LogP contribution in [0.3, 0.4) is 0 Å². The molecule has 1 fully saturated rings. The highest BCUT2D eigenvalue weighted by Crippen LogP contribution is 2.48. The summed E-state index contributed by atoms with van der Waals surface area (Å²) in [4.78, 5) is 34.1. The van der Waals surface area contributed by atoms with Crippen molar-refractivity contribution >= 4 is 34.6 Å². The Hall–Kier alpha value is -3.32. The van der Waals surface area contributed by atoms with Crippen LogP contribution in [0.5, 0.6) is 0 Å². The van der Waals surface area contributed by atoms with E-state index in [1.54, 1.807) is 30.6 Å². The Morgan fingerprint density at radius 1 is 1.10 bits per heavy atom. The van der Waals surface area contributed by atoms with Crippen LogP contribution < -0.4 is 10.6 Å². The number of rotatable bonds is 3. The molecular weight excluding hydrogens is 576 g/mol. The van der Waals surface area contributed by atoms with E-state index >= 15 is 0 Å². The monoisotopic (exact) mass is 608 g/mol. The fourth-order valence-corrected chi connectivity index (χ4v) is 6.71. The lowest BCUT2D eigenvalue weighted by atomic mass is 9.96. The SMILES string of the molecule is CO[C@H]1CSc2c(-c3ccc(F)cc3)c(C(F)(F)F)cc3c(N4CCN(C(=O)OC(C)(C)C)C[C@@H]4C)nc(=O)n(c23)C1. The van der Waals surface area contributed by atoms with Gasteiger partial charge in [0.15, 0.2) is 0 Å². The Labute approximate surface area is 244 Å². The van der Waals surface area contributed by atoms with Crippen molar-refractivity contribution in [2.45, 2.75) is 63.1 Å². The van der Waals surface area contributed by atoms with Gasteiger partial charge in [-0.1, -0.05) is 12.1 Å². The molecule has 1 saturated heterocycles. The number of anilines is 1. The van der Waals surface area contributed by atoms with Gasteiger partial charge in [-0.3, -0.25) is 4.57 Å². The molecule has 0 unspecified atom stereocenters. The molecule has 2 aliphatic heterocycles. The number of alkyl halides is 3. The Balaban J connectivity index is 1.71. The van der Waals surface area contributed by atoms with Crippen molar-refractivity contribution in [3.63, 3.8) is 0 Å². The predicted octanol–water partition coefficient (Wildman–Crippen LogP) is 5.79. The summed E-state index contributed by atoms with van der Waals surface area (Å²) in [5.41, 5.74) is -1.83. The number of nitrogens with zero attached hydrogens (tertiary/aromatic N) is 4. The lowest BCUT2D eigenvalue weighted by Gasteiger charge is -2.41. The minimum absolute atomic E-state index is 0.106. The Bertz CT molecular complexity index is 1570. The maximum absolute atomic E-state index is 14.8. The van der Waals surface area contributed by atoms with Crippen LogP contribution in [-0.4, -0.2) is 70.8 Å². The van der Waals surface area contributed by atoms with E-state index in [9.17, 15) is 27.2 Å². The third-order valence-corrected chi connectivity index (χ3v) is 8.55. The first-order valence-corrected chi connectivity index (χ1v) is 14.5. The van der Waals surface area contributed by atoms with Crippen molar-refractivity contribution in [1.82, 2.24) is 14.5 Å². The van der Waals surface area contributed by atoms with Gasteiger partial charge in [0.05, 0.1) is 23.7 Å². The highest BCUT2D eigenvalue weighted by atomic mass is 32.2.